The van der Waals surface area contributed by atoms with E-state index in [4.69, 9.17) is 31.3 Å². The summed E-state index contributed by atoms with van der Waals surface area (Å²) in [6, 6.07) is 2.40. The number of ether oxygens (including phenoxy) is 2. The van der Waals surface area contributed by atoms with Gasteiger partial charge in [-0.25, -0.2) is 9.59 Å². The van der Waals surface area contributed by atoms with E-state index < -0.39 is 18.0 Å². The minimum atomic E-state index is -1.17. The molecule has 0 radical (unpaired) electrons. The zero-order chi connectivity index (χ0) is 14.6. The fourth-order valence-electron chi connectivity index (χ4n) is 1.41. The largest absolute Gasteiger partial charge is 0.493 e. The Labute approximate surface area is 114 Å². The number of aliphatic carboxylic acids is 1. The van der Waals surface area contributed by atoms with E-state index in [2.05, 4.69) is 0 Å². The fraction of sp³-hybridized carbons (Fsp3) is 0.333. The summed E-state index contributed by atoms with van der Waals surface area (Å²) in [6.45, 7) is 1.64. The molecule has 0 aliphatic rings. The minimum Gasteiger partial charge on any atom is -0.493 e. The molecule has 0 saturated carbocycles. The van der Waals surface area contributed by atoms with Gasteiger partial charge in [-0.2, -0.15) is 0 Å². The molecule has 0 aromatic heterocycles. The van der Waals surface area contributed by atoms with Crippen LogP contribution in [0.1, 0.15) is 23.7 Å². The zero-order valence-corrected chi connectivity index (χ0v) is 11.1. The van der Waals surface area contributed by atoms with Crippen LogP contribution in [0.2, 0.25) is 5.02 Å². The van der Waals surface area contributed by atoms with E-state index >= 15 is 0 Å². The van der Waals surface area contributed by atoms with E-state index in [1.54, 1.807) is 6.92 Å². The average molecular weight is 289 g/mol. The van der Waals surface area contributed by atoms with Gasteiger partial charge in [0.2, 0.25) is 0 Å². The molecule has 1 atom stereocenters. The van der Waals surface area contributed by atoms with Crippen LogP contribution in [-0.2, 0) is 4.79 Å². The molecule has 6 nitrogen and oxygen atoms in total. The number of halogens is 1. The normalized spacial score (nSPS) is 11.7. The topological polar surface area (TPSA) is 93.1 Å². The first-order chi connectivity index (χ1) is 8.90. The van der Waals surface area contributed by atoms with Crippen molar-refractivity contribution >= 4 is 23.5 Å². The maximum atomic E-state index is 10.9. The molecule has 1 aromatic rings. The van der Waals surface area contributed by atoms with Crippen molar-refractivity contribution in [1.29, 1.82) is 0 Å². The van der Waals surface area contributed by atoms with E-state index in [0.29, 0.717) is 0 Å². The van der Waals surface area contributed by atoms with Crippen LogP contribution in [0, 0.1) is 0 Å². The molecule has 0 heterocycles. The lowest BCUT2D eigenvalue weighted by Crippen LogP contribution is -2.26. The third-order valence-electron chi connectivity index (χ3n) is 2.38. The van der Waals surface area contributed by atoms with Crippen LogP contribution < -0.4 is 9.47 Å². The molecule has 0 saturated heterocycles. The van der Waals surface area contributed by atoms with Gasteiger partial charge in [-0.3, -0.25) is 0 Å². The number of hydrogen-bond donors (Lipinski definition) is 2. The van der Waals surface area contributed by atoms with Gasteiger partial charge in [0.25, 0.3) is 0 Å². The van der Waals surface area contributed by atoms with Gasteiger partial charge < -0.3 is 19.7 Å². The van der Waals surface area contributed by atoms with E-state index in [1.165, 1.54) is 19.2 Å². The first-order valence-electron chi connectivity index (χ1n) is 5.41. The summed E-state index contributed by atoms with van der Waals surface area (Å²) in [5.74, 6) is -2.21. The molecular formula is C12H13ClO6. The summed E-state index contributed by atoms with van der Waals surface area (Å²) in [4.78, 5) is 21.8. The second kappa shape index (κ2) is 6.29. The number of carbonyl (C=O) groups is 2. The predicted molar refractivity (Wildman–Crippen MR) is 67.3 cm³/mol. The van der Waals surface area contributed by atoms with Gasteiger partial charge in [0.05, 0.1) is 17.7 Å². The van der Waals surface area contributed by atoms with Crippen molar-refractivity contribution in [1.82, 2.24) is 0 Å². The van der Waals surface area contributed by atoms with E-state index in [0.717, 1.165) is 0 Å². The fourth-order valence-corrected chi connectivity index (χ4v) is 1.66. The van der Waals surface area contributed by atoms with Gasteiger partial charge in [-0.1, -0.05) is 18.5 Å². The third kappa shape index (κ3) is 3.51. The van der Waals surface area contributed by atoms with E-state index in [-0.39, 0.29) is 28.5 Å². The van der Waals surface area contributed by atoms with Gasteiger partial charge >= 0.3 is 11.9 Å². The maximum Gasteiger partial charge on any atom is 0.344 e. The van der Waals surface area contributed by atoms with Crippen LogP contribution >= 0.6 is 11.6 Å². The summed E-state index contributed by atoms with van der Waals surface area (Å²) in [6.07, 6.45) is -0.850. The molecule has 0 amide bonds. The van der Waals surface area contributed by atoms with E-state index in [9.17, 15) is 9.59 Å². The highest BCUT2D eigenvalue weighted by Crippen LogP contribution is 2.37. The lowest BCUT2D eigenvalue weighted by atomic mass is 10.2. The Bertz CT molecular complexity index is 499. The molecule has 0 bridgehead atoms. The number of methoxy groups -OCH3 is 1. The smallest absolute Gasteiger partial charge is 0.344 e. The monoisotopic (exact) mass is 288 g/mol. The quantitative estimate of drug-likeness (QED) is 0.834. The molecule has 0 spiro atoms. The van der Waals surface area contributed by atoms with Crippen LogP contribution in [0.4, 0.5) is 0 Å². The molecule has 1 aromatic carbocycles. The van der Waals surface area contributed by atoms with Gasteiger partial charge in [-0.15, -0.1) is 0 Å². The minimum absolute atomic E-state index is 0.0171. The molecule has 0 aliphatic carbocycles. The highest BCUT2D eigenvalue weighted by Gasteiger charge is 2.22. The van der Waals surface area contributed by atoms with Gasteiger partial charge in [0, 0.05) is 0 Å². The highest BCUT2D eigenvalue weighted by molar-refractivity contribution is 6.32. The van der Waals surface area contributed by atoms with Crippen molar-refractivity contribution in [2.24, 2.45) is 0 Å². The molecule has 1 rings (SSSR count). The molecule has 7 heteroatoms. The maximum absolute atomic E-state index is 10.9. The SMILES string of the molecule is CCC(Oc1c(Cl)cc(C(=O)O)cc1OC)C(=O)O. The summed E-state index contributed by atoms with van der Waals surface area (Å²) in [7, 11) is 1.31. The molecule has 0 aliphatic heterocycles. The van der Waals surface area contributed by atoms with Crippen molar-refractivity contribution < 1.29 is 29.3 Å². The Balaban J connectivity index is 3.20. The molecule has 1 unspecified atom stereocenters. The number of carboxylic acids is 2. The molecule has 0 fully saturated rings. The molecule has 19 heavy (non-hydrogen) atoms. The Morgan fingerprint density at radius 2 is 2.00 bits per heavy atom. The summed E-state index contributed by atoms with van der Waals surface area (Å²) < 4.78 is 10.2. The van der Waals surface area contributed by atoms with Crippen LogP contribution in [0.15, 0.2) is 12.1 Å². The third-order valence-corrected chi connectivity index (χ3v) is 2.66. The summed E-state index contributed by atoms with van der Waals surface area (Å²) in [5.41, 5.74) is -0.0717. The standard InChI is InChI=1S/C12H13ClO6/c1-3-8(12(16)17)19-10-7(13)4-6(11(14)15)5-9(10)18-2/h4-5,8H,3H2,1-2H3,(H,14,15)(H,16,17). The zero-order valence-electron chi connectivity index (χ0n) is 10.3. The van der Waals surface area contributed by atoms with Gasteiger partial charge in [0.15, 0.2) is 17.6 Å². The number of hydrogen-bond acceptors (Lipinski definition) is 4. The van der Waals surface area contributed by atoms with Gasteiger partial charge in [-0.05, 0) is 18.6 Å². The van der Waals surface area contributed by atoms with Gasteiger partial charge in [0.1, 0.15) is 0 Å². The van der Waals surface area contributed by atoms with Crippen molar-refractivity contribution in [2.45, 2.75) is 19.4 Å². The van der Waals surface area contributed by atoms with Crippen molar-refractivity contribution in [3.63, 3.8) is 0 Å². The predicted octanol–water partition coefficient (Wildman–Crippen LogP) is 2.29. The number of rotatable bonds is 6. The van der Waals surface area contributed by atoms with E-state index in [1.807, 2.05) is 0 Å². The highest BCUT2D eigenvalue weighted by atomic mass is 35.5. The van der Waals surface area contributed by atoms with Crippen molar-refractivity contribution in [3.05, 3.63) is 22.7 Å². The lowest BCUT2D eigenvalue weighted by molar-refractivity contribution is -0.145. The first kappa shape index (κ1) is 15.1. The second-order valence-corrected chi connectivity index (χ2v) is 4.05. The Hall–Kier alpha value is -1.95. The Morgan fingerprint density at radius 1 is 1.37 bits per heavy atom. The summed E-state index contributed by atoms with van der Waals surface area (Å²) in [5, 5.41) is 17.8. The Morgan fingerprint density at radius 3 is 2.42 bits per heavy atom. The van der Waals surface area contributed by atoms with Crippen LogP contribution in [0.3, 0.4) is 0 Å². The van der Waals surface area contributed by atoms with Crippen molar-refractivity contribution in [3.8, 4) is 11.5 Å². The van der Waals surface area contributed by atoms with Crippen molar-refractivity contribution in [2.75, 3.05) is 7.11 Å². The number of carboxylic acid groups (broad SMARTS) is 2. The van der Waals surface area contributed by atoms with Crippen LogP contribution in [-0.4, -0.2) is 35.4 Å². The molecule has 2 N–H and O–H groups in total. The first-order valence-corrected chi connectivity index (χ1v) is 5.78. The lowest BCUT2D eigenvalue weighted by Gasteiger charge is -2.17. The second-order valence-electron chi connectivity index (χ2n) is 3.65. The molecular weight excluding hydrogens is 276 g/mol. The average Bonchev–Trinajstić information content (AvgIpc) is 2.35. The van der Waals surface area contributed by atoms with Crippen LogP contribution in [0.25, 0.3) is 0 Å². The molecule has 104 valence electrons. The van der Waals surface area contributed by atoms with Crippen LogP contribution in [0.5, 0.6) is 11.5 Å². The Kier molecular flexibility index (Phi) is 5.00. The number of benzene rings is 1. The number of aromatic carboxylic acids is 1. The summed E-state index contributed by atoms with van der Waals surface area (Å²) >= 11 is 5.90.